The topological polar surface area (TPSA) is 40.5 Å². The van der Waals surface area contributed by atoms with Crippen molar-refractivity contribution < 1.29 is 23.1 Å². The van der Waals surface area contributed by atoms with Crippen molar-refractivity contribution >= 4 is 11.5 Å². The Morgan fingerprint density at radius 3 is 2.24 bits per heavy atom. The normalized spacial score (nSPS) is 22.8. The quantitative estimate of drug-likeness (QED) is 0.837. The van der Waals surface area contributed by atoms with Crippen LogP contribution in [0.3, 0.4) is 0 Å². The third-order valence-corrected chi connectivity index (χ3v) is 5.24. The molecular weight excluding hydrogens is 331 g/mol. The van der Waals surface area contributed by atoms with Gasteiger partial charge in [0, 0.05) is 11.6 Å². The second-order valence-corrected chi connectivity index (χ2v) is 6.77. The fourth-order valence-electron chi connectivity index (χ4n) is 4.02. The summed E-state index contributed by atoms with van der Waals surface area (Å²) < 4.78 is 38.3. The van der Waals surface area contributed by atoms with E-state index in [4.69, 9.17) is 0 Å². The van der Waals surface area contributed by atoms with Crippen LogP contribution in [0.4, 0.5) is 13.2 Å². The molecule has 1 N–H and O–H groups in total. The zero-order valence-corrected chi connectivity index (χ0v) is 14.1. The molecule has 25 heavy (non-hydrogen) atoms. The van der Waals surface area contributed by atoms with Crippen molar-refractivity contribution in [1.29, 1.82) is 0 Å². The molecule has 1 atom stereocenters. The standard InChI is InChI=1S/C19H22F3NO2/c1-2-15-16(12-8-10-13(11-9-12)19(20,21)22)17(24)18(25)23(15)14-6-4-3-5-7-14/h8-11,14-15,24H,2-7H2,1H3. The fraction of sp³-hybridized carbons (Fsp3) is 0.526. The molecule has 3 rings (SSSR count). The Kier molecular flexibility index (Phi) is 4.80. The van der Waals surface area contributed by atoms with E-state index in [0.717, 1.165) is 44.2 Å². The van der Waals surface area contributed by atoms with Gasteiger partial charge in [-0.2, -0.15) is 13.2 Å². The summed E-state index contributed by atoms with van der Waals surface area (Å²) in [5, 5.41) is 10.4. The van der Waals surface area contributed by atoms with Crippen molar-refractivity contribution in [3.8, 4) is 0 Å². The number of aliphatic hydroxyl groups excluding tert-OH is 1. The van der Waals surface area contributed by atoms with Gasteiger partial charge in [0.05, 0.1) is 11.6 Å². The van der Waals surface area contributed by atoms with Gasteiger partial charge < -0.3 is 10.0 Å². The van der Waals surface area contributed by atoms with Crippen LogP contribution in [-0.4, -0.2) is 28.0 Å². The average molecular weight is 353 g/mol. The predicted molar refractivity (Wildman–Crippen MR) is 88.8 cm³/mol. The van der Waals surface area contributed by atoms with Crippen LogP contribution in [-0.2, 0) is 11.0 Å². The molecule has 1 aromatic rings. The maximum Gasteiger partial charge on any atom is 0.416 e. The molecule has 1 unspecified atom stereocenters. The molecule has 1 aromatic carbocycles. The molecule has 0 radical (unpaired) electrons. The third kappa shape index (κ3) is 3.26. The van der Waals surface area contributed by atoms with Gasteiger partial charge >= 0.3 is 6.18 Å². The van der Waals surface area contributed by atoms with Crippen molar-refractivity contribution in [3.63, 3.8) is 0 Å². The van der Waals surface area contributed by atoms with E-state index < -0.39 is 17.6 Å². The molecule has 0 bridgehead atoms. The van der Waals surface area contributed by atoms with Gasteiger partial charge in [-0.15, -0.1) is 0 Å². The van der Waals surface area contributed by atoms with E-state index in [9.17, 15) is 23.1 Å². The maximum atomic E-state index is 12.8. The molecular formula is C19H22F3NO2. The molecule has 1 saturated carbocycles. The first kappa shape index (κ1) is 17.8. The monoisotopic (exact) mass is 353 g/mol. The highest BCUT2D eigenvalue weighted by atomic mass is 19.4. The van der Waals surface area contributed by atoms with Crippen LogP contribution in [0, 0.1) is 0 Å². The molecule has 1 aliphatic heterocycles. The van der Waals surface area contributed by atoms with E-state index in [2.05, 4.69) is 0 Å². The van der Waals surface area contributed by atoms with Gasteiger partial charge in [-0.3, -0.25) is 4.79 Å². The zero-order chi connectivity index (χ0) is 18.2. The van der Waals surface area contributed by atoms with E-state index in [1.54, 1.807) is 4.90 Å². The number of benzene rings is 1. The van der Waals surface area contributed by atoms with Crippen LogP contribution in [0.15, 0.2) is 30.0 Å². The molecule has 3 nitrogen and oxygen atoms in total. The van der Waals surface area contributed by atoms with Gasteiger partial charge in [-0.05, 0) is 37.0 Å². The Hall–Kier alpha value is -1.98. The smallest absolute Gasteiger partial charge is 0.416 e. The number of alkyl halides is 3. The lowest BCUT2D eigenvalue weighted by Gasteiger charge is -2.36. The average Bonchev–Trinajstić information content (AvgIpc) is 2.86. The summed E-state index contributed by atoms with van der Waals surface area (Å²) in [7, 11) is 0. The van der Waals surface area contributed by atoms with Gasteiger partial charge in [0.25, 0.3) is 5.91 Å². The Balaban J connectivity index is 1.93. The van der Waals surface area contributed by atoms with E-state index in [-0.39, 0.29) is 17.8 Å². The van der Waals surface area contributed by atoms with Gasteiger partial charge in [-0.1, -0.05) is 38.3 Å². The molecule has 6 heteroatoms. The lowest BCUT2D eigenvalue weighted by molar-refractivity contribution is -0.137. The molecule has 2 aliphatic rings. The SMILES string of the molecule is CCC1C(c2ccc(C(F)(F)F)cc2)=C(O)C(=O)N1C1CCCCC1. The maximum absolute atomic E-state index is 12.8. The summed E-state index contributed by atoms with van der Waals surface area (Å²) in [6.07, 6.45) is 1.30. The molecule has 0 aromatic heterocycles. The van der Waals surface area contributed by atoms with Crippen LogP contribution in [0.5, 0.6) is 0 Å². The van der Waals surface area contributed by atoms with E-state index in [0.29, 0.717) is 17.6 Å². The number of amides is 1. The van der Waals surface area contributed by atoms with E-state index >= 15 is 0 Å². The van der Waals surface area contributed by atoms with E-state index in [1.807, 2.05) is 6.92 Å². The number of rotatable bonds is 3. The molecule has 1 fully saturated rings. The van der Waals surface area contributed by atoms with Crippen molar-refractivity contribution in [2.45, 2.75) is 63.7 Å². The van der Waals surface area contributed by atoms with Crippen LogP contribution in [0.1, 0.15) is 56.6 Å². The Morgan fingerprint density at radius 2 is 1.72 bits per heavy atom. The largest absolute Gasteiger partial charge is 0.503 e. The number of nitrogens with zero attached hydrogens (tertiary/aromatic N) is 1. The summed E-state index contributed by atoms with van der Waals surface area (Å²) in [6.45, 7) is 1.93. The minimum atomic E-state index is -4.40. The Bertz CT molecular complexity index is 673. The lowest BCUT2D eigenvalue weighted by Crippen LogP contribution is -2.44. The highest BCUT2D eigenvalue weighted by Gasteiger charge is 2.43. The van der Waals surface area contributed by atoms with Crippen molar-refractivity contribution in [3.05, 3.63) is 41.2 Å². The second kappa shape index (κ2) is 6.73. The number of hydrogen-bond donors (Lipinski definition) is 1. The molecule has 0 saturated heterocycles. The van der Waals surface area contributed by atoms with Crippen LogP contribution >= 0.6 is 0 Å². The van der Waals surface area contributed by atoms with Crippen molar-refractivity contribution in [2.24, 2.45) is 0 Å². The van der Waals surface area contributed by atoms with Crippen LogP contribution < -0.4 is 0 Å². The molecule has 1 heterocycles. The molecule has 1 aliphatic carbocycles. The minimum absolute atomic E-state index is 0.0975. The third-order valence-electron chi connectivity index (χ3n) is 5.24. The zero-order valence-electron chi connectivity index (χ0n) is 14.1. The molecule has 0 spiro atoms. The summed E-state index contributed by atoms with van der Waals surface area (Å²) >= 11 is 0. The highest BCUT2D eigenvalue weighted by Crippen LogP contribution is 2.39. The van der Waals surface area contributed by atoms with E-state index in [1.165, 1.54) is 12.1 Å². The molecule has 1 amide bonds. The van der Waals surface area contributed by atoms with Crippen molar-refractivity contribution in [1.82, 2.24) is 4.90 Å². The number of aliphatic hydroxyl groups is 1. The fourth-order valence-corrected chi connectivity index (χ4v) is 4.02. The summed E-state index contributed by atoms with van der Waals surface area (Å²) in [5.41, 5.74) is 0.189. The number of carbonyl (C=O) groups excluding carboxylic acids is 1. The molecule has 136 valence electrons. The Labute approximate surface area is 145 Å². The van der Waals surface area contributed by atoms with Crippen LogP contribution in [0.25, 0.3) is 5.57 Å². The van der Waals surface area contributed by atoms with Gasteiger partial charge in [-0.25, -0.2) is 0 Å². The second-order valence-electron chi connectivity index (χ2n) is 6.77. The van der Waals surface area contributed by atoms with Gasteiger partial charge in [0.1, 0.15) is 0 Å². The summed E-state index contributed by atoms with van der Waals surface area (Å²) in [6, 6.07) is 4.49. The number of halogens is 3. The summed E-state index contributed by atoms with van der Waals surface area (Å²) in [4.78, 5) is 14.4. The predicted octanol–water partition coefficient (Wildman–Crippen LogP) is 4.93. The van der Waals surface area contributed by atoms with Gasteiger partial charge in [0.2, 0.25) is 0 Å². The number of hydrogen-bond acceptors (Lipinski definition) is 2. The first-order valence-electron chi connectivity index (χ1n) is 8.78. The first-order chi connectivity index (χ1) is 11.8. The lowest BCUT2D eigenvalue weighted by atomic mass is 9.91. The Morgan fingerprint density at radius 1 is 1.12 bits per heavy atom. The highest BCUT2D eigenvalue weighted by molar-refractivity contribution is 6.05. The van der Waals surface area contributed by atoms with Crippen LogP contribution in [0.2, 0.25) is 0 Å². The van der Waals surface area contributed by atoms with Gasteiger partial charge in [0.15, 0.2) is 5.76 Å². The first-order valence-corrected chi connectivity index (χ1v) is 8.78. The van der Waals surface area contributed by atoms with Crippen molar-refractivity contribution in [2.75, 3.05) is 0 Å². The minimum Gasteiger partial charge on any atom is -0.503 e. The summed E-state index contributed by atoms with van der Waals surface area (Å²) in [5.74, 6) is -0.717. The number of carbonyl (C=O) groups is 1.